The number of H-pyrrole nitrogens is 1. The predicted octanol–water partition coefficient (Wildman–Crippen LogP) is 2.66. The Balaban J connectivity index is 1.70. The van der Waals surface area contributed by atoms with Crippen molar-refractivity contribution in [1.29, 1.82) is 10.5 Å². The summed E-state index contributed by atoms with van der Waals surface area (Å²) in [4.78, 5) is 14.3. The van der Waals surface area contributed by atoms with Gasteiger partial charge in [-0.15, -0.1) is 0 Å². The topological polar surface area (TPSA) is 110 Å². The molecule has 1 aliphatic rings. The summed E-state index contributed by atoms with van der Waals surface area (Å²) in [7, 11) is 0. The molecular weight excluding hydrogens is 364 g/mol. The molecule has 0 saturated carbocycles. The Morgan fingerprint density at radius 2 is 2.10 bits per heavy atom. The quantitative estimate of drug-likeness (QED) is 0.572. The predicted molar refractivity (Wildman–Crippen MR) is 105 cm³/mol. The van der Waals surface area contributed by atoms with E-state index in [9.17, 15) is 5.26 Å². The van der Waals surface area contributed by atoms with Gasteiger partial charge in [0.15, 0.2) is 0 Å². The SMILES string of the molecule is Cc1cccn2nc([C@H]3c4nc[nH]c4CCN3c3ncc(C#N)cc3C#N)cc12. The minimum absolute atomic E-state index is 0.281. The first-order chi connectivity index (χ1) is 14.2. The Bertz CT molecular complexity index is 1320. The zero-order chi connectivity index (χ0) is 20.0. The van der Waals surface area contributed by atoms with E-state index in [0.717, 1.165) is 34.6 Å². The lowest BCUT2D eigenvalue weighted by atomic mass is 9.98. The molecule has 4 aromatic rings. The molecule has 1 N–H and O–H groups in total. The molecule has 0 amide bonds. The Morgan fingerprint density at radius 1 is 1.21 bits per heavy atom. The van der Waals surface area contributed by atoms with Crippen LogP contribution in [0.1, 0.15) is 39.8 Å². The number of aromatic nitrogens is 5. The lowest BCUT2D eigenvalue weighted by molar-refractivity contribution is 0.610. The van der Waals surface area contributed by atoms with Crippen LogP contribution in [0.2, 0.25) is 0 Å². The van der Waals surface area contributed by atoms with Gasteiger partial charge in [0.05, 0.1) is 34.4 Å². The van der Waals surface area contributed by atoms with E-state index in [2.05, 4.69) is 45.0 Å². The van der Waals surface area contributed by atoms with Crippen LogP contribution in [0.25, 0.3) is 5.52 Å². The van der Waals surface area contributed by atoms with Gasteiger partial charge in [0.2, 0.25) is 0 Å². The van der Waals surface area contributed by atoms with E-state index in [1.54, 1.807) is 12.4 Å². The van der Waals surface area contributed by atoms with Crippen molar-refractivity contribution >= 4 is 11.3 Å². The van der Waals surface area contributed by atoms with Gasteiger partial charge in [0.1, 0.15) is 24.0 Å². The van der Waals surface area contributed by atoms with Gasteiger partial charge in [-0.25, -0.2) is 14.5 Å². The normalized spacial score (nSPS) is 15.7. The third kappa shape index (κ3) is 2.62. The number of nitrogens with one attached hydrogen (secondary N) is 1. The molecule has 0 saturated heterocycles. The smallest absolute Gasteiger partial charge is 0.147 e. The second-order valence-corrected chi connectivity index (χ2v) is 7.02. The van der Waals surface area contributed by atoms with Gasteiger partial charge < -0.3 is 9.88 Å². The van der Waals surface area contributed by atoms with Crippen LogP contribution in [0.4, 0.5) is 5.82 Å². The fourth-order valence-corrected chi connectivity index (χ4v) is 3.94. The van der Waals surface area contributed by atoms with Crippen LogP contribution in [0.15, 0.2) is 43.0 Å². The summed E-state index contributed by atoms with van der Waals surface area (Å²) in [6.45, 7) is 2.70. The highest BCUT2D eigenvalue weighted by Gasteiger charge is 2.35. The van der Waals surface area contributed by atoms with Gasteiger partial charge in [-0.2, -0.15) is 15.6 Å². The lowest BCUT2D eigenvalue weighted by Crippen LogP contribution is -2.37. The maximum Gasteiger partial charge on any atom is 0.147 e. The number of nitriles is 2. The summed E-state index contributed by atoms with van der Waals surface area (Å²) in [5, 5.41) is 23.6. The molecule has 29 heavy (non-hydrogen) atoms. The van der Waals surface area contributed by atoms with Gasteiger partial charge in [-0.3, -0.25) is 0 Å². The molecule has 0 unspecified atom stereocenters. The summed E-state index contributed by atoms with van der Waals surface area (Å²) >= 11 is 0. The number of imidazole rings is 1. The number of fused-ring (bicyclic) bond motifs is 2. The van der Waals surface area contributed by atoms with Crippen LogP contribution < -0.4 is 4.90 Å². The van der Waals surface area contributed by atoms with Crippen LogP contribution in [-0.2, 0) is 6.42 Å². The zero-order valence-corrected chi connectivity index (χ0v) is 15.7. The van der Waals surface area contributed by atoms with Crippen molar-refractivity contribution in [2.45, 2.75) is 19.4 Å². The first kappa shape index (κ1) is 17.0. The van der Waals surface area contributed by atoms with E-state index < -0.39 is 0 Å². The number of hydrogen-bond acceptors (Lipinski definition) is 6. The molecule has 0 fully saturated rings. The van der Waals surface area contributed by atoms with E-state index in [1.807, 2.05) is 22.8 Å². The van der Waals surface area contributed by atoms with Crippen molar-refractivity contribution in [3.8, 4) is 12.1 Å². The van der Waals surface area contributed by atoms with Gasteiger partial charge >= 0.3 is 0 Å². The summed E-state index contributed by atoms with van der Waals surface area (Å²) in [6, 6.07) is 11.6. The molecule has 5 heterocycles. The first-order valence-corrected chi connectivity index (χ1v) is 9.23. The fourth-order valence-electron chi connectivity index (χ4n) is 3.94. The van der Waals surface area contributed by atoms with E-state index in [1.165, 1.54) is 6.20 Å². The van der Waals surface area contributed by atoms with Gasteiger partial charge in [0, 0.05) is 31.1 Å². The van der Waals surface area contributed by atoms with Crippen LogP contribution in [0.3, 0.4) is 0 Å². The molecule has 1 atom stereocenters. The molecule has 0 radical (unpaired) electrons. The third-order valence-corrected chi connectivity index (χ3v) is 5.33. The Kier molecular flexibility index (Phi) is 3.78. The molecule has 0 aliphatic carbocycles. The van der Waals surface area contributed by atoms with Crippen molar-refractivity contribution in [2.24, 2.45) is 0 Å². The average Bonchev–Trinajstić information content (AvgIpc) is 3.40. The second-order valence-electron chi connectivity index (χ2n) is 7.02. The van der Waals surface area contributed by atoms with Crippen molar-refractivity contribution in [3.63, 3.8) is 0 Å². The molecule has 0 bridgehead atoms. The molecule has 8 heteroatoms. The lowest BCUT2D eigenvalue weighted by Gasteiger charge is -2.35. The monoisotopic (exact) mass is 380 g/mol. The molecule has 8 nitrogen and oxygen atoms in total. The second kappa shape index (κ2) is 6.47. The summed E-state index contributed by atoms with van der Waals surface area (Å²) < 4.78 is 1.86. The van der Waals surface area contributed by atoms with E-state index >= 15 is 0 Å². The summed E-state index contributed by atoms with van der Waals surface area (Å²) in [6.07, 6.45) is 5.87. The minimum Gasteiger partial charge on any atom is -0.348 e. The molecule has 140 valence electrons. The van der Waals surface area contributed by atoms with Crippen molar-refractivity contribution < 1.29 is 0 Å². The van der Waals surface area contributed by atoms with Crippen LogP contribution in [0, 0.1) is 29.6 Å². The van der Waals surface area contributed by atoms with Crippen molar-refractivity contribution in [2.75, 3.05) is 11.4 Å². The third-order valence-electron chi connectivity index (χ3n) is 5.33. The minimum atomic E-state index is -0.281. The van der Waals surface area contributed by atoms with Crippen LogP contribution in [0.5, 0.6) is 0 Å². The van der Waals surface area contributed by atoms with E-state index in [4.69, 9.17) is 10.4 Å². The number of hydrogen-bond donors (Lipinski definition) is 1. The number of pyridine rings is 2. The maximum absolute atomic E-state index is 9.66. The number of rotatable bonds is 2. The molecule has 0 aromatic carbocycles. The highest BCUT2D eigenvalue weighted by molar-refractivity contribution is 5.61. The Labute approximate surface area is 166 Å². The van der Waals surface area contributed by atoms with Gasteiger partial charge in [-0.05, 0) is 30.7 Å². The summed E-state index contributed by atoms with van der Waals surface area (Å²) in [5.41, 5.74) is 5.67. The maximum atomic E-state index is 9.66. The van der Waals surface area contributed by atoms with Gasteiger partial charge in [0.25, 0.3) is 0 Å². The van der Waals surface area contributed by atoms with Crippen LogP contribution >= 0.6 is 0 Å². The zero-order valence-electron chi connectivity index (χ0n) is 15.7. The van der Waals surface area contributed by atoms with Crippen LogP contribution in [-0.4, -0.2) is 31.1 Å². The Hall–Kier alpha value is -4.17. The molecule has 4 aromatic heterocycles. The first-order valence-electron chi connectivity index (χ1n) is 9.23. The molecule has 0 spiro atoms. The number of anilines is 1. The fraction of sp³-hybridized carbons (Fsp3) is 0.190. The number of aryl methyl sites for hydroxylation is 1. The van der Waals surface area contributed by atoms with Crippen molar-refractivity contribution in [1.82, 2.24) is 24.6 Å². The Morgan fingerprint density at radius 3 is 2.90 bits per heavy atom. The van der Waals surface area contributed by atoms with E-state index in [0.29, 0.717) is 23.5 Å². The number of nitrogens with zero attached hydrogens (tertiary/aromatic N) is 7. The van der Waals surface area contributed by atoms with Gasteiger partial charge in [-0.1, -0.05) is 6.07 Å². The average molecular weight is 380 g/mol. The number of aromatic amines is 1. The largest absolute Gasteiger partial charge is 0.348 e. The van der Waals surface area contributed by atoms with E-state index in [-0.39, 0.29) is 6.04 Å². The van der Waals surface area contributed by atoms with Crippen molar-refractivity contribution in [3.05, 3.63) is 76.8 Å². The molecular formula is C21H16N8. The highest BCUT2D eigenvalue weighted by atomic mass is 15.3. The molecule has 1 aliphatic heterocycles. The standard InChI is InChI=1S/C21H16N8/c1-13-3-2-5-29-18(13)8-17(27-29)20-19-16(25-12-26-19)4-6-28(20)21-15(10-23)7-14(9-22)11-24-21/h2-3,5,7-8,11-12,20H,4,6H2,1H3,(H,25,26)/t20-/m0/s1. The molecule has 5 rings (SSSR count). The highest BCUT2D eigenvalue weighted by Crippen LogP contribution is 2.37. The summed E-state index contributed by atoms with van der Waals surface area (Å²) in [5.74, 6) is 0.541.